The monoisotopic (exact) mass is 573 g/mol. The van der Waals surface area contributed by atoms with E-state index in [1.807, 2.05) is 0 Å². The molecule has 2 saturated heterocycles. The van der Waals surface area contributed by atoms with Crippen LogP contribution in [0.1, 0.15) is 36.5 Å². The number of β-amino-alcohol motifs (C(OH)–C–C–N with tert-alkyl or cyclic N) is 1. The zero-order valence-corrected chi connectivity index (χ0v) is 22.1. The second-order valence-electron chi connectivity index (χ2n) is 9.63. The van der Waals surface area contributed by atoms with Crippen LogP contribution in [0.25, 0.3) is 10.4 Å². The molecule has 0 unspecified atom stereocenters. The third-order valence-electron chi connectivity index (χ3n) is 6.67. The molecule has 17 nitrogen and oxygen atoms in total. The van der Waals surface area contributed by atoms with E-state index in [2.05, 4.69) is 26.0 Å². The Morgan fingerprint density at radius 1 is 1.15 bits per heavy atom. The highest BCUT2D eigenvalue weighted by molar-refractivity contribution is 6.01. The first-order chi connectivity index (χ1) is 19.4. The number of hydrogen-bond donors (Lipinski definition) is 6. The van der Waals surface area contributed by atoms with Crippen molar-refractivity contribution in [3.63, 3.8) is 0 Å². The van der Waals surface area contributed by atoms with Gasteiger partial charge in [-0.2, -0.15) is 0 Å². The van der Waals surface area contributed by atoms with E-state index in [0.29, 0.717) is 12.8 Å². The average molecular weight is 574 g/mol. The van der Waals surface area contributed by atoms with Crippen LogP contribution < -0.4 is 21.7 Å². The van der Waals surface area contributed by atoms with E-state index in [1.165, 1.54) is 28.9 Å². The van der Waals surface area contributed by atoms with Gasteiger partial charge in [0.15, 0.2) is 0 Å². The number of nitrogens with two attached hydrogens (primary N) is 1. The first kappa shape index (κ1) is 30.6. The molecule has 1 aromatic rings. The Hall–Kier alpha value is -4.89. The third kappa shape index (κ3) is 7.61. The van der Waals surface area contributed by atoms with E-state index in [9.17, 15) is 39.0 Å². The molecule has 2 aliphatic rings. The highest BCUT2D eigenvalue weighted by atomic mass is 16.3. The second kappa shape index (κ2) is 13.5. The molecule has 0 radical (unpaired) electrons. The molecular weight excluding hydrogens is 542 g/mol. The lowest BCUT2D eigenvalue weighted by molar-refractivity contribution is -0.141. The van der Waals surface area contributed by atoms with E-state index in [1.54, 1.807) is 0 Å². The Kier molecular flexibility index (Phi) is 10.1. The van der Waals surface area contributed by atoms with E-state index >= 15 is 0 Å². The number of nitrogens with one attached hydrogen (secondary N) is 3. The minimum absolute atomic E-state index is 0.0898. The molecule has 0 bridgehead atoms. The van der Waals surface area contributed by atoms with Crippen LogP contribution in [0.2, 0.25) is 0 Å². The molecule has 41 heavy (non-hydrogen) atoms. The predicted molar refractivity (Wildman–Crippen MR) is 140 cm³/mol. The van der Waals surface area contributed by atoms with E-state index in [0.717, 1.165) is 6.07 Å². The molecule has 0 aromatic heterocycles. The van der Waals surface area contributed by atoms with E-state index < -0.39 is 78.5 Å². The molecule has 0 aliphatic carbocycles. The molecule has 2 aliphatic heterocycles. The van der Waals surface area contributed by atoms with Gasteiger partial charge >= 0.3 is 0 Å². The fourth-order valence-electron chi connectivity index (χ4n) is 4.70. The Labute approximate surface area is 233 Å². The van der Waals surface area contributed by atoms with Crippen LogP contribution in [0.3, 0.4) is 0 Å². The van der Waals surface area contributed by atoms with Gasteiger partial charge in [0.2, 0.25) is 29.5 Å². The van der Waals surface area contributed by atoms with E-state index in [4.69, 9.17) is 11.3 Å². The topological polar surface area (TPSA) is 260 Å². The molecule has 2 fully saturated rings. The number of primary amides is 1. The summed E-state index contributed by atoms with van der Waals surface area (Å²) in [5, 5.41) is 30.9. The molecule has 220 valence electrons. The van der Waals surface area contributed by atoms with Crippen LogP contribution in [-0.4, -0.2) is 106 Å². The van der Waals surface area contributed by atoms with Crippen molar-refractivity contribution in [2.24, 2.45) is 10.8 Å². The zero-order chi connectivity index (χ0) is 30.3. The van der Waals surface area contributed by atoms with Gasteiger partial charge in [0.05, 0.1) is 24.8 Å². The third-order valence-corrected chi connectivity index (χ3v) is 6.67. The van der Waals surface area contributed by atoms with Crippen molar-refractivity contribution in [1.29, 1.82) is 0 Å². The Morgan fingerprint density at radius 2 is 1.88 bits per heavy atom. The Balaban J connectivity index is 1.63. The van der Waals surface area contributed by atoms with Gasteiger partial charge in [-0.1, -0.05) is 11.2 Å². The molecule has 1 aromatic carbocycles. The number of likely N-dealkylation sites (tertiary alicyclic amines) is 2. The maximum atomic E-state index is 13.5. The van der Waals surface area contributed by atoms with Crippen molar-refractivity contribution < 1.29 is 39.0 Å². The standard InChI is InChI=1S/C24H31N9O8/c1-12(21(38)27-9-19(25)36)29-20(37)10-28-22(39)17-8-14(34)11-33(17)24(41)16-3-2-6-32(16)23(40)15-5-4-13(30-31-26)7-18(15)35/h4-5,7,12,14,16-17,34-35H,2-3,6,8-11H2,1H3,(H2,25,36)(H,27,38)(H,28,39)(H,29,37)/t12-,14+,16-,17-/m0/s1. The molecule has 17 heteroatoms. The molecule has 0 saturated carbocycles. The summed E-state index contributed by atoms with van der Waals surface area (Å²) in [6.45, 7) is 0.488. The zero-order valence-electron chi connectivity index (χ0n) is 22.1. The smallest absolute Gasteiger partial charge is 0.258 e. The van der Waals surface area contributed by atoms with Crippen molar-refractivity contribution in [1.82, 2.24) is 25.8 Å². The summed E-state index contributed by atoms with van der Waals surface area (Å²) >= 11 is 0. The number of carbonyl (C=O) groups is 6. The van der Waals surface area contributed by atoms with Gasteiger partial charge < -0.3 is 41.7 Å². The normalized spacial score (nSPS) is 20.5. The van der Waals surface area contributed by atoms with Crippen molar-refractivity contribution >= 4 is 41.1 Å². The quantitative estimate of drug-likeness (QED) is 0.105. The van der Waals surface area contributed by atoms with Crippen LogP contribution in [-0.2, 0) is 24.0 Å². The molecule has 4 atom stereocenters. The number of benzene rings is 1. The number of azide groups is 1. The summed E-state index contributed by atoms with van der Waals surface area (Å²) in [7, 11) is 0. The maximum Gasteiger partial charge on any atom is 0.258 e. The van der Waals surface area contributed by atoms with Gasteiger partial charge in [0.1, 0.15) is 23.9 Å². The number of hydrogen-bond acceptors (Lipinski definition) is 9. The highest BCUT2D eigenvalue weighted by Crippen LogP contribution is 2.30. The minimum Gasteiger partial charge on any atom is -0.507 e. The van der Waals surface area contributed by atoms with Crippen LogP contribution in [0.4, 0.5) is 5.69 Å². The number of nitrogens with zero attached hydrogens (tertiary/aromatic N) is 5. The summed E-state index contributed by atoms with van der Waals surface area (Å²) in [5.74, 6) is -4.46. The molecule has 6 amide bonds. The molecular formula is C24H31N9O8. The second-order valence-corrected chi connectivity index (χ2v) is 9.63. The van der Waals surface area contributed by atoms with E-state index in [-0.39, 0.29) is 30.8 Å². The summed E-state index contributed by atoms with van der Waals surface area (Å²) in [5.41, 5.74) is 13.5. The number of aliphatic hydroxyl groups is 1. The number of aromatic hydroxyl groups is 1. The lowest BCUT2D eigenvalue weighted by Crippen LogP contribution is -2.54. The summed E-state index contributed by atoms with van der Waals surface area (Å²) in [6, 6.07) is 0.664. The van der Waals surface area contributed by atoms with Crippen molar-refractivity contribution in [2.45, 2.75) is 50.4 Å². The van der Waals surface area contributed by atoms with Crippen LogP contribution in [0.15, 0.2) is 23.3 Å². The molecule has 0 spiro atoms. The van der Waals surface area contributed by atoms with Crippen LogP contribution in [0.5, 0.6) is 5.75 Å². The highest BCUT2D eigenvalue weighted by Gasteiger charge is 2.45. The lowest BCUT2D eigenvalue weighted by Gasteiger charge is -2.31. The number of phenolic OH excluding ortho intramolecular Hbond substituents is 1. The van der Waals surface area contributed by atoms with Gasteiger partial charge in [-0.3, -0.25) is 28.8 Å². The fourth-order valence-corrected chi connectivity index (χ4v) is 4.70. The minimum atomic E-state index is -1.12. The number of amides is 6. The van der Waals surface area contributed by atoms with Gasteiger partial charge in [-0.25, -0.2) is 0 Å². The van der Waals surface area contributed by atoms with Crippen LogP contribution in [0, 0.1) is 0 Å². The summed E-state index contributed by atoms with van der Waals surface area (Å²) in [6.07, 6.45) is -0.326. The SMILES string of the molecule is C[C@H](NC(=O)CNC(=O)[C@@H]1C[C@@H](O)CN1C(=O)[C@@H]1CCCN1C(=O)c1ccc(N=[N+]=[N-])cc1O)C(=O)NCC(N)=O. The predicted octanol–water partition coefficient (Wildman–Crippen LogP) is -1.88. The van der Waals surface area contributed by atoms with Gasteiger partial charge in [0.25, 0.3) is 5.91 Å². The number of phenols is 1. The summed E-state index contributed by atoms with van der Waals surface area (Å²) in [4.78, 5) is 79.6. The molecule has 3 rings (SSSR count). The lowest BCUT2D eigenvalue weighted by atomic mass is 10.1. The van der Waals surface area contributed by atoms with Crippen molar-refractivity contribution in [2.75, 3.05) is 26.2 Å². The Bertz CT molecular complexity index is 1280. The van der Waals surface area contributed by atoms with Gasteiger partial charge in [-0.15, -0.1) is 0 Å². The largest absolute Gasteiger partial charge is 0.507 e. The van der Waals surface area contributed by atoms with Gasteiger partial charge in [-0.05, 0) is 37.4 Å². The van der Waals surface area contributed by atoms with Crippen LogP contribution >= 0.6 is 0 Å². The van der Waals surface area contributed by atoms with Crippen molar-refractivity contribution in [3.8, 4) is 5.75 Å². The Morgan fingerprint density at radius 3 is 2.54 bits per heavy atom. The number of carbonyl (C=O) groups excluding carboxylic acids is 6. The maximum absolute atomic E-state index is 13.5. The fraction of sp³-hybridized carbons (Fsp3) is 0.500. The number of aliphatic hydroxyl groups excluding tert-OH is 1. The number of rotatable bonds is 10. The first-order valence-corrected chi connectivity index (χ1v) is 12.7. The average Bonchev–Trinajstić information content (AvgIpc) is 3.57. The van der Waals surface area contributed by atoms with Gasteiger partial charge in [0, 0.05) is 30.1 Å². The molecule has 7 N–H and O–H groups in total. The van der Waals surface area contributed by atoms with Crippen molar-refractivity contribution in [3.05, 3.63) is 34.2 Å². The molecule has 2 heterocycles. The first-order valence-electron chi connectivity index (χ1n) is 12.7. The summed E-state index contributed by atoms with van der Waals surface area (Å²) < 4.78 is 0.